The molecule has 102 valence electrons. The van der Waals surface area contributed by atoms with Gasteiger partial charge in [-0.25, -0.2) is 0 Å². The molecule has 4 heteroatoms. The number of benzene rings is 1. The maximum absolute atomic E-state index is 12.4. The predicted octanol–water partition coefficient (Wildman–Crippen LogP) is 3.54. The SMILES string of the molecule is CCSc1oc2c(C(C)N)cc(C)cc2c(=O)c1C. The molecular weight excluding hydrogens is 258 g/mol. The third-order valence-corrected chi connectivity index (χ3v) is 4.05. The topological polar surface area (TPSA) is 56.2 Å². The molecule has 3 nitrogen and oxygen atoms in total. The van der Waals surface area contributed by atoms with Gasteiger partial charge in [-0.2, -0.15) is 0 Å². The summed E-state index contributed by atoms with van der Waals surface area (Å²) in [5, 5.41) is 1.33. The van der Waals surface area contributed by atoms with Gasteiger partial charge in [0.15, 0.2) is 10.5 Å². The van der Waals surface area contributed by atoms with E-state index < -0.39 is 0 Å². The highest BCUT2D eigenvalue weighted by atomic mass is 32.2. The summed E-state index contributed by atoms with van der Waals surface area (Å²) in [4.78, 5) is 12.4. The van der Waals surface area contributed by atoms with E-state index in [0.717, 1.165) is 16.9 Å². The van der Waals surface area contributed by atoms with Gasteiger partial charge in [0, 0.05) is 17.2 Å². The number of aryl methyl sites for hydroxylation is 1. The molecule has 1 heterocycles. The Morgan fingerprint density at radius 2 is 2.05 bits per heavy atom. The van der Waals surface area contributed by atoms with Crippen LogP contribution in [-0.4, -0.2) is 5.75 Å². The van der Waals surface area contributed by atoms with Crippen molar-refractivity contribution in [3.63, 3.8) is 0 Å². The largest absolute Gasteiger partial charge is 0.449 e. The molecule has 2 aromatic rings. The predicted molar refractivity (Wildman–Crippen MR) is 81.0 cm³/mol. The van der Waals surface area contributed by atoms with Gasteiger partial charge in [-0.1, -0.05) is 24.8 Å². The van der Waals surface area contributed by atoms with Crippen molar-refractivity contribution in [1.29, 1.82) is 0 Å². The van der Waals surface area contributed by atoms with Gasteiger partial charge in [-0.05, 0) is 38.2 Å². The zero-order valence-electron chi connectivity index (χ0n) is 11.7. The molecule has 1 aromatic heterocycles. The van der Waals surface area contributed by atoms with Crippen molar-refractivity contribution < 1.29 is 4.42 Å². The molecule has 0 radical (unpaired) electrons. The molecule has 0 fully saturated rings. The van der Waals surface area contributed by atoms with Gasteiger partial charge >= 0.3 is 0 Å². The lowest BCUT2D eigenvalue weighted by Gasteiger charge is -2.12. The highest BCUT2D eigenvalue weighted by Gasteiger charge is 2.16. The zero-order valence-corrected chi connectivity index (χ0v) is 12.6. The van der Waals surface area contributed by atoms with E-state index in [1.165, 1.54) is 0 Å². The molecule has 0 saturated heterocycles. The summed E-state index contributed by atoms with van der Waals surface area (Å²) >= 11 is 1.55. The summed E-state index contributed by atoms with van der Waals surface area (Å²) in [5.74, 6) is 0.870. The molecule has 2 N–H and O–H groups in total. The average Bonchev–Trinajstić information content (AvgIpc) is 2.36. The van der Waals surface area contributed by atoms with E-state index in [4.69, 9.17) is 10.2 Å². The van der Waals surface area contributed by atoms with Gasteiger partial charge in [0.2, 0.25) is 0 Å². The van der Waals surface area contributed by atoms with Gasteiger partial charge in [-0.15, -0.1) is 0 Å². The molecule has 2 rings (SSSR count). The second-order valence-electron chi connectivity index (χ2n) is 4.80. The van der Waals surface area contributed by atoms with Crippen LogP contribution in [-0.2, 0) is 0 Å². The van der Waals surface area contributed by atoms with Gasteiger partial charge in [0.25, 0.3) is 0 Å². The molecule has 1 atom stereocenters. The molecule has 0 aliphatic heterocycles. The first kappa shape index (κ1) is 14.2. The lowest BCUT2D eigenvalue weighted by Crippen LogP contribution is -2.12. The van der Waals surface area contributed by atoms with Crippen LogP contribution < -0.4 is 11.2 Å². The molecule has 0 amide bonds. The average molecular weight is 277 g/mol. The van der Waals surface area contributed by atoms with E-state index in [1.807, 2.05) is 39.8 Å². The van der Waals surface area contributed by atoms with Gasteiger partial charge in [0.1, 0.15) is 5.58 Å². The molecule has 19 heavy (non-hydrogen) atoms. The first-order chi connectivity index (χ1) is 8.95. The van der Waals surface area contributed by atoms with Crippen LogP contribution >= 0.6 is 11.8 Å². The number of hydrogen-bond donors (Lipinski definition) is 1. The number of fused-ring (bicyclic) bond motifs is 1. The van der Waals surface area contributed by atoms with Crippen LogP contribution in [0.2, 0.25) is 0 Å². The lowest BCUT2D eigenvalue weighted by molar-refractivity contribution is 0.487. The minimum atomic E-state index is -0.160. The van der Waals surface area contributed by atoms with Crippen LogP contribution in [0.3, 0.4) is 0 Å². The van der Waals surface area contributed by atoms with Crippen molar-refractivity contribution in [3.8, 4) is 0 Å². The molecule has 0 aliphatic rings. The molecule has 0 aliphatic carbocycles. The fourth-order valence-corrected chi connectivity index (χ4v) is 2.87. The van der Waals surface area contributed by atoms with Crippen LogP contribution in [0, 0.1) is 13.8 Å². The van der Waals surface area contributed by atoms with Crippen molar-refractivity contribution in [2.24, 2.45) is 5.73 Å². The molecular formula is C15H19NO2S. The van der Waals surface area contributed by atoms with Crippen LogP contribution in [0.5, 0.6) is 0 Å². The minimum absolute atomic E-state index is 0.0443. The summed E-state index contributed by atoms with van der Waals surface area (Å²) in [6, 6.07) is 3.71. The number of thioether (sulfide) groups is 1. The Morgan fingerprint density at radius 1 is 1.37 bits per heavy atom. The first-order valence-electron chi connectivity index (χ1n) is 6.42. The quantitative estimate of drug-likeness (QED) is 0.872. The summed E-state index contributed by atoms with van der Waals surface area (Å²) in [6.45, 7) is 7.72. The number of nitrogens with two attached hydrogens (primary N) is 1. The number of hydrogen-bond acceptors (Lipinski definition) is 4. The molecule has 0 saturated carbocycles. The standard InChI is InChI=1S/C15H19NO2S/c1-5-19-15-9(3)13(17)12-7-8(2)6-11(10(4)16)14(12)18-15/h6-7,10H,5,16H2,1-4H3. The zero-order chi connectivity index (χ0) is 14.2. The van der Waals surface area contributed by atoms with E-state index in [-0.39, 0.29) is 11.5 Å². The fourth-order valence-electron chi connectivity index (χ4n) is 2.15. The monoisotopic (exact) mass is 277 g/mol. The second-order valence-corrected chi connectivity index (χ2v) is 6.03. The second kappa shape index (κ2) is 5.39. The Hall–Kier alpha value is -1.26. The Morgan fingerprint density at radius 3 is 2.63 bits per heavy atom. The van der Waals surface area contributed by atoms with Gasteiger partial charge < -0.3 is 10.2 Å². The fraction of sp³-hybridized carbons (Fsp3) is 0.400. The third-order valence-electron chi connectivity index (χ3n) is 3.11. The van der Waals surface area contributed by atoms with Crippen molar-refractivity contribution >= 4 is 22.7 Å². The molecule has 1 unspecified atom stereocenters. The van der Waals surface area contributed by atoms with Crippen molar-refractivity contribution in [3.05, 3.63) is 39.0 Å². The normalized spacial score (nSPS) is 12.9. The van der Waals surface area contributed by atoms with E-state index in [9.17, 15) is 4.79 Å². The summed E-state index contributed by atoms with van der Waals surface area (Å²) < 4.78 is 5.94. The highest BCUT2D eigenvalue weighted by molar-refractivity contribution is 7.99. The van der Waals surface area contributed by atoms with Crippen molar-refractivity contribution in [1.82, 2.24) is 0 Å². The van der Waals surface area contributed by atoms with Crippen LogP contribution in [0.1, 0.15) is 36.6 Å². The minimum Gasteiger partial charge on any atom is -0.449 e. The van der Waals surface area contributed by atoms with Crippen LogP contribution in [0.4, 0.5) is 0 Å². The molecule has 0 spiro atoms. The Bertz CT molecular complexity index is 674. The molecule has 0 bridgehead atoms. The van der Waals surface area contributed by atoms with Crippen LogP contribution in [0.25, 0.3) is 11.0 Å². The summed E-state index contributed by atoms with van der Waals surface area (Å²) in [6.07, 6.45) is 0. The van der Waals surface area contributed by atoms with Crippen molar-refractivity contribution in [2.45, 2.75) is 38.8 Å². The van der Waals surface area contributed by atoms with Gasteiger partial charge in [0.05, 0.1) is 5.39 Å². The maximum Gasteiger partial charge on any atom is 0.196 e. The Labute approximate surface area is 117 Å². The van der Waals surface area contributed by atoms with E-state index in [0.29, 0.717) is 21.6 Å². The highest BCUT2D eigenvalue weighted by Crippen LogP contribution is 2.29. The van der Waals surface area contributed by atoms with Crippen LogP contribution in [0.15, 0.2) is 26.4 Å². The number of rotatable bonds is 3. The third kappa shape index (κ3) is 2.55. The van der Waals surface area contributed by atoms with Gasteiger partial charge in [-0.3, -0.25) is 4.79 Å². The van der Waals surface area contributed by atoms with Crippen molar-refractivity contribution in [2.75, 3.05) is 5.75 Å². The summed E-state index contributed by atoms with van der Waals surface area (Å²) in [5.41, 5.74) is 9.27. The van der Waals surface area contributed by atoms with E-state index in [2.05, 4.69) is 0 Å². The lowest BCUT2D eigenvalue weighted by atomic mass is 10.0. The van der Waals surface area contributed by atoms with E-state index >= 15 is 0 Å². The Kier molecular flexibility index (Phi) is 4.02. The maximum atomic E-state index is 12.4. The molecule has 1 aromatic carbocycles. The first-order valence-corrected chi connectivity index (χ1v) is 7.40. The Balaban J connectivity index is 2.88. The smallest absolute Gasteiger partial charge is 0.196 e. The van der Waals surface area contributed by atoms with E-state index in [1.54, 1.807) is 11.8 Å². The summed E-state index contributed by atoms with van der Waals surface area (Å²) in [7, 11) is 0.